The minimum absolute atomic E-state index is 0.0603. The number of carbonyl (C=O) groups is 2. The van der Waals surface area contributed by atoms with E-state index >= 15 is 0 Å². The Bertz CT molecular complexity index is 903. The first-order valence-electron chi connectivity index (χ1n) is 7.24. The Balaban J connectivity index is 1.88. The number of hydrogen-bond acceptors (Lipinski definition) is 6. The van der Waals surface area contributed by atoms with Gasteiger partial charge in [0.25, 0.3) is 0 Å². The van der Waals surface area contributed by atoms with Crippen LogP contribution < -0.4 is 5.32 Å². The molecule has 0 aliphatic heterocycles. The predicted molar refractivity (Wildman–Crippen MR) is 93.4 cm³/mol. The van der Waals surface area contributed by atoms with Gasteiger partial charge in [0.1, 0.15) is 17.0 Å². The molecule has 6 nitrogen and oxygen atoms in total. The van der Waals surface area contributed by atoms with Gasteiger partial charge in [-0.25, -0.2) is 9.97 Å². The van der Waals surface area contributed by atoms with Crippen LogP contribution in [-0.4, -0.2) is 35.4 Å². The highest BCUT2D eigenvalue weighted by Crippen LogP contribution is 2.27. The summed E-state index contributed by atoms with van der Waals surface area (Å²) in [5, 5.41) is 3.19. The van der Waals surface area contributed by atoms with Gasteiger partial charge in [0, 0.05) is 25.2 Å². The Morgan fingerprint density at radius 2 is 1.88 bits per heavy atom. The molecule has 0 fully saturated rings. The number of ketones is 1. The molecule has 0 saturated heterocycles. The molecule has 0 spiro atoms. The minimum Gasteiger partial charge on any atom is -0.377 e. The molecule has 3 rings (SSSR count). The summed E-state index contributed by atoms with van der Waals surface area (Å²) in [6.45, 7) is 1.51. The number of amides is 1. The van der Waals surface area contributed by atoms with Crippen molar-refractivity contribution < 1.29 is 14.3 Å². The molecule has 0 bridgehead atoms. The van der Waals surface area contributed by atoms with Gasteiger partial charge in [-0.2, -0.15) is 0 Å². The summed E-state index contributed by atoms with van der Waals surface area (Å²) < 4.78 is 4.85. The van der Waals surface area contributed by atoms with Crippen molar-refractivity contribution in [1.82, 2.24) is 9.97 Å². The molecule has 0 aliphatic carbocycles. The van der Waals surface area contributed by atoms with Crippen LogP contribution in [0.4, 0.5) is 5.13 Å². The highest BCUT2D eigenvalue weighted by molar-refractivity contribution is 7.21. The summed E-state index contributed by atoms with van der Waals surface area (Å²) in [4.78, 5) is 32.5. The fourth-order valence-electron chi connectivity index (χ4n) is 2.22. The number of benzene rings is 1. The number of Topliss-reactive ketones (excluding diaryl/α,β-unsaturated/α-hetero) is 1. The standard InChI is InChI=1S/C17H15N3O3S/c1-10(21)18-17-20-14-8-7-13(19-16(14)24-17)11-3-5-12(6-4-11)15(22)9-23-2/h3-8H,9H2,1-2H3,(H,18,20,21). The fourth-order valence-corrected chi connectivity index (χ4v) is 3.11. The molecule has 0 saturated carbocycles. The highest BCUT2D eigenvalue weighted by Gasteiger charge is 2.09. The van der Waals surface area contributed by atoms with Gasteiger partial charge in [-0.1, -0.05) is 35.6 Å². The Morgan fingerprint density at radius 1 is 1.12 bits per heavy atom. The summed E-state index contributed by atoms with van der Waals surface area (Å²) >= 11 is 1.32. The van der Waals surface area contributed by atoms with E-state index in [-0.39, 0.29) is 18.3 Å². The molecule has 1 amide bonds. The van der Waals surface area contributed by atoms with Gasteiger partial charge in [0.15, 0.2) is 10.9 Å². The summed E-state index contributed by atoms with van der Waals surface area (Å²) in [5.74, 6) is -0.222. The van der Waals surface area contributed by atoms with Crippen LogP contribution in [0.1, 0.15) is 17.3 Å². The molecule has 0 atom stereocenters. The quantitative estimate of drug-likeness (QED) is 0.721. The number of anilines is 1. The Labute approximate surface area is 142 Å². The van der Waals surface area contributed by atoms with Crippen LogP contribution in [0.2, 0.25) is 0 Å². The van der Waals surface area contributed by atoms with Crippen LogP contribution in [0.25, 0.3) is 21.6 Å². The SMILES string of the molecule is COCC(=O)c1ccc(-c2ccc3nc(NC(C)=O)sc3n2)cc1. The Hall–Kier alpha value is -2.64. The maximum atomic E-state index is 11.8. The van der Waals surface area contributed by atoms with E-state index in [2.05, 4.69) is 15.3 Å². The number of pyridine rings is 1. The smallest absolute Gasteiger partial charge is 0.223 e. The lowest BCUT2D eigenvalue weighted by molar-refractivity contribution is -0.114. The van der Waals surface area contributed by atoms with Crippen molar-refractivity contribution in [2.45, 2.75) is 6.92 Å². The number of fused-ring (bicyclic) bond motifs is 1. The number of thiazole rings is 1. The van der Waals surface area contributed by atoms with Crippen molar-refractivity contribution in [3.63, 3.8) is 0 Å². The average molecular weight is 341 g/mol. The van der Waals surface area contributed by atoms with Crippen LogP contribution in [0.5, 0.6) is 0 Å². The molecule has 24 heavy (non-hydrogen) atoms. The van der Waals surface area contributed by atoms with Gasteiger partial charge >= 0.3 is 0 Å². The summed E-state index contributed by atoms with van der Waals surface area (Å²) in [5.41, 5.74) is 3.03. The fraction of sp³-hybridized carbons (Fsp3) is 0.176. The number of nitrogens with zero attached hydrogens (tertiary/aromatic N) is 2. The number of rotatable bonds is 5. The molecule has 1 aromatic carbocycles. The number of carbonyl (C=O) groups excluding carboxylic acids is 2. The van der Waals surface area contributed by atoms with Gasteiger partial charge in [0.05, 0.1) is 5.69 Å². The number of methoxy groups -OCH3 is 1. The van der Waals surface area contributed by atoms with Crippen molar-refractivity contribution in [3.05, 3.63) is 42.0 Å². The van der Waals surface area contributed by atoms with E-state index in [0.717, 1.165) is 21.6 Å². The van der Waals surface area contributed by atoms with Crippen LogP contribution in [0.3, 0.4) is 0 Å². The number of hydrogen-bond donors (Lipinski definition) is 1. The van der Waals surface area contributed by atoms with Gasteiger partial charge in [-0.05, 0) is 12.1 Å². The second kappa shape index (κ2) is 6.86. The third-order valence-electron chi connectivity index (χ3n) is 3.32. The van der Waals surface area contributed by atoms with Crippen LogP contribution in [-0.2, 0) is 9.53 Å². The Kier molecular flexibility index (Phi) is 4.64. The molecule has 122 valence electrons. The first kappa shape index (κ1) is 16.2. The zero-order valence-corrected chi connectivity index (χ0v) is 14.0. The third-order valence-corrected chi connectivity index (χ3v) is 4.20. The zero-order valence-electron chi connectivity index (χ0n) is 13.2. The van der Waals surface area contributed by atoms with E-state index < -0.39 is 0 Å². The van der Waals surface area contributed by atoms with Crippen LogP contribution in [0, 0.1) is 0 Å². The third kappa shape index (κ3) is 3.47. The lowest BCUT2D eigenvalue weighted by Gasteiger charge is -2.03. The van der Waals surface area contributed by atoms with Crippen molar-refractivity contribution in [2.24, 2.45) is 0 Å². The maximum absolute atomic E-state index is 11.8. The van der Waals surface area contributed by atoms with Crippen molar-refractivity contribution in [1.29, 1.82) is 0 Å². The van der Waals surface area contributed by atoms with Crippen LogP contribution >= 0.6 is 11.3 Å². The summed E-state index contributed by atoms with van der Waals surface area (Å²) in [7, 11) is 1.50. The normalized spacial score (nSPS) is 10.8. The predicted octanol–water partition coefficient (Wildman–Crippen LogP) is 3.15. The van der Waals surface area contributed by atoms with E-state index in [9.17, 15) is 9.59 Å². The molecule has 7 heteroatoms. The van der Waals surface area contributed by atoms with E-state index in [4.69, 9.17) is 4.74 Å². The monoisotopic (exact) mass is 341 g/mol. The largest absolute Gasteiger partial charge is 0.377 e. The highest BCUT2D eigenvalue weighted by atomic mass is 32.1. The van der Waals surface area contributed by atoms with E-state index in [1.807, 2.05) is 24.3 Å². The maximum Gasteiger partial charge on any atom is 0.223 e. The van der Waals surface area contributed by atoms with Gasteiger partial charge in [0.2, 0.25) is 5.91 Å². The summed E-state index contributed by atoms with van der Waals surface area (Å²) in [6.07, 6.45) is 0. The Morgan fingerprint density at radius 3 is 2.54 bits per heavy atom. The number of nitrogens with one attached hydrogen (secondary N) is 1. The molecule has 2 aromatic heterocycles. The van der Waals surface area contributed by atoms with Gasteiger partial charge in [-0.3, -0.25) is 9.59 Å². The van der Waals surface area contributed by atoms with E-state index in [0.29, 0.717) is 10.7 Å². The topological polar surface area (TPSA) is 81.2 Å². The van der Waals surface area contributed by atoms with Gasteiger partial charge < -0.3 is 10.1 Å². The lowest BCUT2D eigenvalue weighted by atomic mass is 10.1. The van der Waals surface area contributed by atoms with Crippen LogP contribution in [0.15, 0.2) is 36.4 Å². The second-order valence-electron chi connectivity index (χ2n) is 5.15. The zero-order chi connectivity index (χ0) is 17.1. The van der Waals surface area contributed by atoms with Crippen molar-refractivity contribution in [3.8, 4) is 11.3 Å². The van der Waals surface area contributed by atoms with Gasteiger partial charge in [-0.15, -0.1) is 0 Å². The molecule has 0 aliphatic rings. The minimum atomic E-state index is -0.161. The van der Waals surface area contributed by atoms with Crippen molar-refractivity contribution >= 4 is 38.5 Å². The molecule has 1 N–H and O–H groups in total. The molecule has 0 unspecified atom stereocenters. The molecule has 3 aromatic rings. The van der Waals surface area contributed by atoms with E-state index in [1.54, 1.807) is 12.1 Å². The molecule has 2 heterocycles. The second-order valence-corrected chi connectivity index (χ2v) is 6.13. The molecule has 0 radical (unpaired) electrons. The number of aromatic nitrogens is 2. The number of ether oxygens (including phenoxy) is 1. The average Bonchev–Trinajstić information content (AvgIpc) is 2.95. The summed E-state index contributed by atoms with van der Waals surface area (Å²) in [6, 6.07) is 11.0. The lowest BCUT2D eigenvalue weighted by Crippen LogP contribution is -2.06. The van der Waals surface area contributed by atoms with E-state index in [1.165, 1.54) is 25.4 Å². The molecular weight excluding hydrogens is 326 g/mol. The van der Waals surface area contributed by atoms with Crippen molar-refractivity contribution in [2.75, 3.05) is 19.0 Å². The first-order chi connectivity index (χ1) is 11.6. The molecular formula is C17H15N3O3S. The first-order valence-corrected chi connectivity index (χ1v) is 8.06.